The highest BCUT2D eigenvalue weighted by atomic mass is 16.4. The van der Waals surface area contributed by atoms with Gasteiger partial charge in [-0.3, -0.25) is 0 Å². The van der Waals surface area contributed by atoms with E-state index in [0.29, 0.717) is 18.2 Å². The molecular formula is C15H21N3O. The summed E-state index contributed by atoms with van der Waals surface area (Å²) in [6, 6.07) is 6.52. The smallest absolute Gasteiger partial charge is 0.233 e. The van der Waals surface area contributed by atoms with E-state index in [1.807, 2.05) is 6.92 Å². The quantitative estimate of drug-likeness (QED) is 0.897. The summed E-state index contributed by atoms with van der Waals surface area (Å²) in [5.74, 6) is 1.33. The van der Waals surface area contributed by atoms with Crippen LogP contribution in [0.5, 0.6) is 0 Å². The molecule has 1 aromatic heterocycles. The molecule has 0 fully saturated rings. The minimum absolute atomic E-state index is 0.102. The molecule has 0 saturated carbocycles. The first-order chi connectivity index (χ1) is 9.10. The average molecular weight is 259 g/mol. The van der Waals surface area contributed by atoms with Gasteiger partial charge < -0.3 is 9.73 Å². The summed E-state index contributed by atoms with van der Waals surface area (Å²) in [5.41, 5.74) is 3.75. The van der Waals surface area contributed by atoms with Crippen LogP contribution in [-0.2, 0) is 6.42 Å². The van der Waals surface area contributed by atoms with E-state index < -0.39 is 0 Å². The monoisotopic (exact) mass is 259 g/mol. The first-order valence-corrected chi connectivity index (χ1v) is 6.72. The molecule has 102 valence electrons. The summed E-state index contributed by atoms with van der Waals surface area (Å²) in [4.78, 5) is 0. The van der Waals surface area contributed by atoms with Gasteiger partial charge >= 0.3 is 0 Å². The summed E-state index contributed by atoms with van der Waals surface area (Å²) >= 11 is 0. The van der Waals surface area contributed by atoms with Gasteiger partial charge in [-0.15, -0.1) is 10.2 Å². The lowest BCUT2D eigenvalue weighted by Gasteiger charge is -2.06. The second kappa shape index (κ2) is 5.97. The first kappa shape index (κ1) is 13.7. The number of rotatable bonds is 5. The Labute approximate surface area is 114 Å². The first-order valence-electron chi connectivity index (χ1n) is 6.72. The molecular weight excluding hydrogens is 238 g/mol. The zero-order valence-electron chi connectivity index (χ0n) is 12.0. The standard InChI is InChI=1S/C15H21N3O/c1-5-16-12(4)15-18-17-14(19-15)9-13-8-10(2)6-7-11(13)3/h6-8,12,16H,5,9H2,1-4H3. The van der Waals surface area contributed by atoms with Gasteiger partial charge in [0, 0.05) is 0 Å². The molecule has 1 N–H and O–H groups in total. The van der Waals surface area contributed by atoms with Crippen molar-refractivity contribution in [1.82, 2.24) is 15.5 Å². The third kappa shape index (κ3) is 3.41. The largest absolute Gasteiger partial charge is 0.423 e. The Bertz CT molecular complexity index is 548. The number of benzene rings is 1. The highest BCUT2D eigenvalue weighted by Gasteiger charge is 2.13. The Morgan fingerprint density at radius 2 is 2.05 bits per heavy atom. The van der Waals surface area contributed by atoms with E-state index in [4.69, 9.17) is 4.42 Å². The van der Waals surface area contributed by atoms with E-state index in [2.05, 4.69) is 54.5 Å². The van der Waals surface area contributed by atoms with Crippen LogP contribution in [0, 0.1) is 13.8 Å². The molecule has 0 bridgehead atoms. The average Bonchev–Trinajstić information content (AvgIpc) is 2.83. The fraction of sp³-hybridized carbons (Fsp3) is 0.467. The summed E-state index contributed by atoms with van der Waals surface area (Å²) in [5, 5.41) is 11.5. The highest BCUT2D eigenvalue weighted by Crippen LogP contribution is 2.17. The maximum absolute atomic E-state index is 5.71. The maximum atomic E-state index is 5.71. The predicted molar refractivity (Wildman–Crippen MR) is 75.1 cm³/mol. The van der Waals surface area contributed by atoms with Crippen molar-refractivity contribution >= 4 is 0 Å². The number of nitrogens with zero attached hydrogens (tertiary/aromatic N) is 2. The minimum atomic E-state index is 0.102. The van der Waals surface area contributed by atoms with Gasteiger partial charge in [0.05, 0.1) is 12.5 Å². The number of hydrogen-bond donors (Lipinski definition) is 1. The SMILES string of the molecule is CCNC(C)c1nnc(Cc2cc(C)ccc2C)o1. The van der Waals surface area contributed by atoms with Crippen molar-refractivity contribution < 1.29 is 4.42 Å². The van der Waals surface area contributed by atoms with E-state index in [0.717, 1.165) is 6.54 Å². The molecule has 0 radical (unpaired) electrons. The van der Waals surface area contributed by atoms with E-state index in [-0.39, 0.29) is 6.04 Å². The molecule has 1 aromatic carbocycles. The second-order valence-electron chi connectivity index (χ2n) is 4.92. The molecule has 1 unspecified atom stereocenters. The van der Waals surface area contributed by atoms with Crippen molar-refractivity contribution in [3.63, 3.8) is 0 Å². The lowest BCUT2D eigenvalue weighted by molar-refractivity contribution is 0.401. The zero-order chi connectivity index (χ0) is 13.8. The van der Waals surface area contributed by atoms with E-state index in [1.165, 1.54) is 16.7 Å². The number of aromatic nitrogens is 2. The van der Waals surface area contributed by atoms with E-state index >= 15 is 0 Å². The Balaban J connectivity index is 2.13. The third-order valence-electron chi connectivity index (χ3n) is 3.21. The lowest BCUT2D eigenvalue weighted by atomic mass is 10.0. The summed E-state index contributed by atoms with van der Waals surface area (Å²) in [6.45, 7) is 9.17. The molecule has 0 aliphatic rings. The van der Waals surface area contributed by atoms with Crippen LogP contribution in [0.2, 0.25) is 0 Å². The molecule has 0 aliphatic carbocycles. The normalized spacial score (nSPS) is 12.6. The van der Waals surface area contributed by atoms with Crippen molar-refractivity contribution in [2.45, 2.75) is 40.2 Å². The minimum Gasteiger partial charge on any atom is -0.423 e. The fourth-order valence-electron chi connectivity index (χ4n) is 2.06. The molecule has 1 atom stereocenters. The number of nitrogens with one attached hydrogen (secondary N) is 1. The second-order valence-corrected chi connectivity index (χ2v) is 4.92. The molecule has 4 nitrogen and oxygen atoms in total. The van der Waals surface area contributed by atoms with Crippen molar-refractivity contribution in [3.8, 4) is 0 Å². The number of aryl methyl sites for hydroxylation is 2. The van der Waals surface area contributed by atoms with Gasteiger partial charge in [-0.1, -0.05) is 30.7 Å². The molecule has 0 spiro atoms. The molecule has 0 saturated heterocycles. The Kier molecular flexibility index (Phi) is 4.32. The lowest BCUT2D eigenvalue weighted by Crippen LogP contribution is -2.17. The topological polar surface area (TPSA) is 51.0 Å². The Morgan fingerprint density at radius 3 is 2.79 bits per heavy atom. The van der Waals surface area contributed by atoms with Crippen molar-refractivity contribution in [2.24, 2.45) is 0 Å². The molecule has 0 aliphatic heterocycles. The van der Waals surface area contributed by atoms with Gasteiger partial charge in [-0.2, -0.15) is 0 Å². The molecule has 1 heterocycles. The van der Waals surface area contributed by atoms with Crippen LogP contribution in [0.15, 0.2) is 22.6 Å². The summed E-state index contributed by atoms with van der Waals surface area (Å²) in [6.07, 6.45) is 0.694. The van der Waals surface area contributed by atoms with Gasteiger partial charge in [0.1, 0.15) is 0 Å². The maximum Gasteiger partial charge on any atom is 0.233 e. The summed E-state index contributed by atoms with van der Waals surface area (Å²) in [7, 11) is 0. The molecule has 4 heteroatoms. The molecule has 19 heavy (non-hydrogen) atoms. The van der Waals surface area contributed by atoms with E-state index in [1.54, 1.807) is 0 Å². The fourth-order valence-corrected chi connectivity index (χ4v) is 2.06. The Hall–Kier alpha value is -1.68. The molecule has 2 aromatic rings. The number of hydrogen-bond acceptors (Lipinski definition) is 4. The van der Waals surface area contributed by atoms with Crippen LogP contribution in [0.3, 0.4) is 0 Å². The van der Waals surface area contributed by atoms with Crippen LogP contribution in [0.1, 0.15) is 48.4 Å². The van der Waals surface area contributed by atoms with Gasteiger partial charge in [0.25, 0.3) is 0 Å². The van der Waals surface area contributed by atoms with Crippen molar-refractivity contribution in [2.75, 3.05) is 6.54 Å². The molecule has 0 amide bonds. The van der Waals surface area contributed by atoms with Crippen molar-refractivity contribution in [3.05, 3.63) is 46.7 Å². The summed E-state index contributed by atoms with van der Waals surface area (Å²) < 4.78 is 5.71. The van der Waals surface area contributed by atoms with Crippen LogP contribution < -0.4 is 5.32 Å². The van der Waals surface area contributed by atoms with Gasteiger partial charge in [-0.05, 0) is 38.4 Å². The van der Waals surface area contributed by atoms with Crippen LogP contribution in [0.4, 0.5) is 0 Å². The highest BCUT2D eigenvalue weighted by molar-refractivity contribution is 5.32. The van der Waals surface area contributed by atoms with Crippen LogP contribution >= 0.6 is 0 Å². The van der Waals surface area contributed by atoms with Crippen LogP contribution in [-0.4, -0.2) is 16.7 Å². The van der Waals surface area contributed by atoms with Crippen LogP contribution in [0.25, 0.3) is 0 Å². The van der Waals surface area contributed by atoms with E-state index in [9.17, 15) is 0 Å². The van der Waals surface area contributed by atoms with Gasteiger partial charge in [0.15, 0.2) is 0 Å². The zero-order valence-corrected chi connectivity index (χ0v) is 12.0. The van der Waals surface area contributed by atoms with Gasteiger partial charge in [-0.25, -0.2) is 0 Å². The molecule has 2 rings (SSSR count). The predicted octanol–water partition coefficient (Wildman–Crippen LogP) is 2.95. The third-order valence-corrected chi connectivity index (χ3v) is 3.21. The van der Waals surface area contributed by atoms with Crippen molar-refractivity contribution in [1.29, 1.82) is 0 Å². The van der Waals surface area contributed by atoms with Gasteiger partial charge in [0.2, 0.25) is 11.8 Å². The Morgan fingerprint density at radius 1 is 1.26 bits per heavy atom.